The first-order valence-corrected chi connectivity index (χ1v) is 8.57. The quantitative estimate of drug-likeness (QED) is 0.744. The van der Waals surface area contributed by atoms with Crippen molar-refractivity contribution in [2.24, 2.45) is 5.92 Å². The van der Waals surface area contributed by atoms with Gasteiger partial charge in [0.05, 0.1) is 6.07 Å². The molecule has 0 bridgehead atoms. The first kappa shape index (κ1) is 16.7. The predicted octanol–water partition coefficient (Wildman–Crippen LogP) is 2.07. The Morgan fingerprint density at radius 3 is 2.43 bits per heavy atom. The fraction of sp³-hybridized carbons (Fsp3) is 0.941. The summed E-state index contributed by atoms with van der Waals surface area (Å²) in [6, 6.07) is 3.09. The van der Waals surface area contributed by atoms with Crippen LogP contribution < -0.4 is 5.32 Å². The van der Waals surface area contributed by atoms with Crippen molar-refractivity contribution in [2.75, 3.05) is 40.3 Å². The van der Waals surface area contributed by atoms with Crippen LogP contribution in [0.25, 0.3) is 0 Å². The third-order valence-corrected chi connectivity index (χ3v) is 4.83. The number of nitriles is 1. The Balaban J connectivity index is 1.62. The minimum atomic E-state index is -0.315. The van der Waals surface area contributed by atoms with Crippen LogP contribution in [0.1, 0.15) is 45.4 Å². The summed E-state index contributed by atoms with van der Waals surface area (Å²) in [5.74, 6) is 0.872. The molecular weight excluding hydrogens is 260 g/mol. The molecule has 1 saturated carbocycles. The Morgan fingerprint density at radius 2 is 1.90 bits per heavy atom. The maximum Gasteiger partial charge on any atom is 0.104 e. The topological polar surface area (TPSA) is 42.3 Å². The zero-order chi connectivity index (χ0) is 15.3. The Labute approximate surface area is 130 Å². The average molecular weight is 292 g/mol. The molecule has 0 radical (unpaired) electrons. The van der Waals surface area contributed by atoms with Crippen LogP contribution in [0.2, 0.25) is 0 Å². The summed E-state index contributed by atoms with van der Waals surface area (Å²) in [7, 11) is 4.34. The second-order valence-corrected chi connectivity index (χ2v) is 7.51. The summed E-state index contributed by atoms with van der Waals surface area (Å²) in [6.07, 6.45) is 7.25. The van der Waals surface area contributed by atoms with E-state index in [1.54, 1.807) is 0 Å². The van der Waals surface area contributed by atoms with E-state index in [-0.39, 0.29) is 5.54 Å². The average Bonchev–Trinajstić information content (AvgIpc) is 3.24. The lowest BCUT2D eigenvalue weighted by molar-refractivity contribution is 0.158. The van der Waals surface area contributed by atoms with Crippen molar-refractivity contribution < 1.29 is 0 Å². The molecule has 0 aromatic rings. The lowest BCUT2D eigenvalue weighted by Crippen LogP contribution is -2.43. The van der Waals surface area contributed by atoms with Crippen LogP contribution in [0.3, 0.4) is 0 Å². The van der Waals surface area contributed by atoms with Crippen molar-refractivity contribution in [3.8, 4) is 6.07 Å². The summed E-state index contributed by atoms with van der Waals surface area (Å²) in [6.45, 7) is 6.91. The van der Waals surface area contributed by atoms with E-state index in [4.69, 9.17) is 0 Å². The van der Waals surface area contributed by atoms with Crippen LogP contribution in [0.15, 0.2) is 0 Å². The van der Waals surface area contributed by atoms with Gasteiger partial charge in [0.25, 0.3) is 0 Å². The van der Waals surface area contributed by atoms with Gasteiger partial charge in [0, 0.05) is 12.6 Å². The van der Waals surface area contributed by atoms with E-state index >= 15 is 0 Å². The summed E-state index contributed by atoms with van der Waals surface area (Å²) in [5.41, 5.74) is -0.315. The molecule has 120 valence electrons. The van der Waals surface area contributed by atoms with E-state index in [9.17, 15) is 5.26 Å². The zero-order valence-electron chi connectivity index (χ0n) is 14.1. The first-order valence-electron chi connectivity index (χ1n) is 8.57. The van der Waals surface area contributed by atoms with Crippen LogP contribution >= 0.6 is 0 Å². The molecule has 2 fully saturated rings. The Kier molecular flexibility index (Phi) is 6.04. The minimum Gasteiger partial charge on any atom is -0.309 e. The molecule has 1 N–H and O–H groups in total. The van der Waals surface area contributed by atoms with Gasteiger partial charge in [-0.2, -0.15) is 5.26 Å². The van der Waals surface area contributed by atoms with E-state index < -0.39 is 0 Å². The van der Waals surface area contributed by atoms with Gasteiger partial charge < -0.3 is 9.80 Å². The number of hydrogen-bond donors (Lipinski definition) is 1. The van der Waals surface area contributed by atoms with Crippen molar-refractivity contribution >= 4 is 0 Å². The van der Waals surface area contributed by atoms with Gasteiger partial charge in [-0.05, 0) is 85.1 Å². The van der Waals surface area contributed by atoms with Crippen molar-refractivity contribution in [1.82, 2.24) is 15.1 Å². The highest BCUT2D eigenvalue weighted by molar-refractivity contribution is 5.07. The number of piperidine rings is 1. The van der Waals surface area contributed by atoms with Crippen molar-refractivity contribution in [3.63, 3.8) is 0 Å². The molecule has 2 aliphatic rings. The second-order valence-electron chi connectivity index (χ2n) is 7.51. The monoisotopic (exact) mass is 292 g/mol. The molecule has 2 rings (SSSR count). The largest absolute Gasteiger partial charge is 0.309 e. The van der Waals surface area contributed by atoms with Crippen molar-refractivity contribution in [2.45, 2.75) is 57.0 Å². The summed E-state index contributed by atoms with van der Waals surface area (Å²) >= 11 is 0. The first-order chi connectivity index (χ1) is 10.0. The molecule has 1 aliphatic heterocycles. The van der Waals surface area contributed by atoms with Crippen LogP contribution in [0.5, 0.6) is 0 Å². The lowest BCUT2D eigenvalue weighted by atomic mass is 9.94. The number of nitrogens with one attached hydrogen (secondary N) is 1. The molecule has 1 atom stereocenters. The molecule has 1 aliphatic carbocycles. The van der Waals surface area contributed by atoms with Crippen LogP contribution in [-0.2, 0) is 0 Å². The van der Waals surface area contributed by atoms with E-state index in [1.807, 2.05) is 0 Å². The normalized spacial score (nSPS) is 24.0. The van der Waals surface area contributed by atoms with E-state index in [0.717, 1.165) is 25.3 Å². The highest BCUT2D eigenvalue weighted by Gasteiger charge is 2.32. The number of rotatable bonds is 8. The number of nitrogens with zero attached hydrogens (tertiary/aromatic N) is 3. The standard InChI is InChI=1S/C17H32N4/c1-17(14-18,19-16-5-6-16)9-4-10-21-11-7-15(8-12-21)13-20(2)3/h15-16,19H,4-13H2,1-3H3. The molecule has 0 amide bonds. The van der Waals surface area contributed by atoms with Gasteiger partial charge in [-0.3, -0.25) is 5.32 Å². The van der Waals surface area contributed by atoms with Crippen LogP contribution in [-0.4, -0.2) is 61.7 Å². The second kappa shape index (κ2) is 7.58. The van der Waals surface area contributed by atoms with Gasteiger partial charge in [-0.25, -0.2) is 0 Å². The minimum absolute atomic E-state index is 0.315. The third-order valence-electron chi connectivity index (χ3n) is 4.83. The van der Waals surface area contributed by atoms with E-state index in [0.29, 0.717) is 6.04 Å². The van der Waals surface area contributed by atoms with Crippen LogP contribution in [0, 0.1) is 17.2 Å². The third kappa shape index (κ3) is 5.94. The molecule has 1 heterocycles. The van der Waals surface area contributed by atoms with E-state index in [1.165, 1.54) is 45.3 Å². The molecule has 21 heavy (non-hydrogen) atoms. The zero-order valence-corrected chi connectivity index (χ0v) is 14.1. The Hall–Kier alpha value is -0.630. The predicted molar refractivity (Wildman–Crippen MR) is 87.1 cm³/mol. The maximum absolute atomic E-state index is 9.39. The molecule has 1 unspecified atom stereocenters. The Morgan fingerprint density at radius 1 is 1.24 bits per heavy atom. The fourth-order valence-corrected chi connectivity index (χ4v) is 3.40. The van der Waals surface area contributed by atoms with Crippen molar-refractivity contribution in [1.29, 1.82) is 5.26 Å². The molecule has 0 aromatic carbocycles. The Bertz CT molecular complexity index is 350. The van der Waals surface area contributed by atoms with Gasteiger partial charge in [0.2, 0.25) is 0 Å². The number of hydrogen-bond acceptors (Lipinski definition) is 4. The fourth-order valence-electron chi connectivity index (χ4n) is 3.40. The van der Waals surface area contributed by atoms with Crippen LogP contribution in [0.4, 0.5) is 0 Å². The maximum atomic E-state index is 9.39. The van der Waals surface area contributed by atoms with E-state index in [2.05, 4.69) is 42.2 Å². The highest BCUT2D eigenvalue weighted by atomic mass is 15.1. The highest BCUT2D eigenvalue weighted by Crippen LogP contribution is 2.25. The SMILES string of the molecule is CN(C)CC1CCN(CCCC(C)(C#N)NC2CC2)CC1. The van der Waals surface area contributed by atoms with Gasteiger partial charge in [0.1, 0.15) is 5.54 Å². The smallest absolute Gasteiger partial charge is 0.104 e. The molecule has 1 saturated heterocycles. The van der Waals surface area contributed by atoms with Gasteiger partial charge >= 0.3 is 0 Å². The summed E-state index contributed by atoms with van der Waals surface area (Å²) in [4.78, 5) is 4.89. The summed E-state index contributed by atoms with van der Waals surface area (Å²) < 4.78 is 0. The van der Waals surface area contributed by atoms with Gasteiger partial charge in [-0.1, -0.05) is 0 Å². The van der Waals surface area contributed by atoms with Crippen molar-refractivity contribution in [3.05, 3.63) is 0 Å². The van der Waals surface area contributed by atoms with Gasteiger partial charge in [-0.15, -0.1) is 0 Å². The molecule has 0 spiro atoms. The number of likely N-dealkylation sites (tertiary alicyclic amines) is 1. The molecule has 4 heteroatoms. The molecule has 0 aromatic heterocycles. The van der Waals surface area contributed by atoms with Gasteiger partial charge in [0.15, 0.2) is 0 Å². The molecular formula is C17H32N4. The molecule has 4 nitrogen and oxygen atoms in total. The summed E-state index contributed by atoms with van der Waals surface area (Å²) in [5, 5.41) is 12.9. The lowest BCUT2D eigenvalue weighted by Gasteiger charge is -2.33.